The van der Waals surface area contributed by atoms with Crippen LogP contribution in [0.3, 0.4) is 0 Å². The minimum Gasteiger partial charge on any atom is -0.466 e. The fourth-order valence-corrected chi connectivity index (χ4v) is 2.98. The summed E-state index contributed by atoms with van der Waals surface area (Å²) < 4.78 is 5.16. The first-order valence-electron chi connectivity index (χ1n) is 9.53. The van der Waals surface area contributed by atoms with Crippen LogP contribution in [0.1, 0.15) is 37.0 Å². The number of carbonyl (C=O) groups excluding carboxylic acids is 2. The molecule has 8 nitrogen and oxygen atoms in total. The van der Waals surface area contributed by atoms with Crippen molar-refractivity contribution in [2.75, 3.05) is 39.3 Å². The van der Waals surface area contributed by atoms with E-state index < -0.39 is 0 Å². The molecule has 1 atom stereocenters. The number of aliphatic imine (C=N–C) groups is 1. The molecular weight excluding hydrogens is 346 g/mol. The van der Waals surface area contributed by atoms with E-state index >= 15 is 0 Å². The van der Waals surface area contributed by atoms with E-state index in [1.165, 1.54) is 6.20 Å². The summed E-state index contributed by atoms with van der Waals surface area (Å²) in [6.07, 6.45) is 4.93. The van der Waals surface area contributed by atoms with Crippen LogP contribution in [0.5, 0.6) is 0 Å². The van der Waals surface area contributed by atoms with Crippen molar-refractivity contribution < 1.29 is 14.3 Å². The molecular formula is C19H29N5O3. The van der Waals surface area contributed by atoms with Crippen LogP contribution < -0.4 is 10.6 Å². The highest BCUT2D eigenvalue weighted by Crippen LogP contribution is 2.18. The maximum atomic E-state index is 12.0. The molecule has 1 aromatic heterocycles. The van der Waals surface area contributed by atoms with Crippen LogP contribution >= 0.6 is 0 Å². The summed E-state index contributed by atoms with van der Waals surface area (Å²) in [4.78, 5) is 34.7. The second-order valence-electron chi connectivity index (χ2n) is 6.27. The van der Waals surface area contributed by atoms with Crippen molar-refractivity contribution in [3.63, 3.8) is 0 Å². The van der Waals surface area contributed by atoms with Crippen LogP contribution in [0.4, 0.5) is 0 Å². The maximum Gasteiger partial charge on any atom is 0.310 e. The van der Waals surface area contributed by atoms with Gasteiger partial charge in [0.1, 0.15) is 0 Å². The minimum atomic E-state index is -0.163. The SMILES string of the molecule is CCNC(=NCCNC(=O)c1cccnc1)N1CCCC(C(=O)OCC)C1. The van der Waals surface area contributed by atoms with Gasteiger partial charge >= 0.3 is 5.97 Å². The molecule has 0 radical (unpaired) electrons. The molecule has 2 heterocycles. The Morgan fingerprint density at radius 2 is 2.22 bits per heavy atom. The van der Waals surface area contributed by atoms with Gasteiger partial charge < -0.3 is 20.3 Å². The number of likely N-dealkylation sites (tertiary alicyclic amines) is 1. The molecule has 1 fully saturated rings. The molecule has 0 spiro atoms. The van der Waals surface area contributed by atoms with Crippen molar-refractivity contribution in [1.29, 1.82) is 0 Å². The molecule has 2 N–H and O–H groups in total. The Hall–Kier alpha value is -2.64. The van der Waals surface area contributed by atoms with Crippen LogP contribution in [0.15, 0.2) is 29.5 Å². The van der Waals surface area contributed by atoms with E-state index in [1.807, 2.05) is 13.8 Å². The van der Waals surface area contributed by atoms with Crippen LogP contribution in [-0.4, -0.2) is 67.1 Å². The predicted molar refractivity (Wildman–Crippen MR) is 103 cm³/mol. The highest BCUT2D eigenvalue weighted by Gasteiger charge is 2.28. The van der Waals surface area contributed by atoms with Crippen molar-refractivity contribution >= 4 is 17.8 Å². The number of carbonyl (C=O) groups is 2. The topological polar surface area (TPSA) is 95.9 Å². The molecule has 27 heavy (non-hydrogen) atoms. The smallest absolute Gasteiger partial charge is 0.310 e. The molecule has 1 aromatic rings. The number of ether oxygens (including phenoxy) is 1. The zero-order valence-electron chi connectivity index (χ0n) is 16.1. The number of guanidine groups is 1. The van der Waals surface area contributed by atoms with Gasteiger partial charge in [-0.15, -0.1) is 0 Å². The molecule has 1 saturated heterocycles. The van der Waals surface area contributed by atoms with E-state index in [1.54, 1.807) is 18.3 Å². The average molecular weight is 375 g/mol. The lowest BCUT2D eigenvalue weighted by Crippen LogP contribution is -2.48. The first-order chi connectivity index (χ1) is 13.2. The molecule has 1 unspecified atom stereocenters. The fourth-order valence-electron chi connectivity index (χ4n) is 2.98. The van der Waals surface area contributed by atoms with E-state index in [0.29, 0.717) is 31.8 Å². The first kappa shape index (κ1) is 20.7. The molecule has 1 amide bonds. The highest BCUT2D eigenvalue weighted by atomic mass is 16.5. The van der Waals surface area contributed by atoms with Gasteiger partial charge in [-0.25, -0.2) is 0 Å². The zero-order chi connectivity index (χ0) is 19.5. The third-order valence-electron chi connectivity index (χ3n) is 4.26. The molecule has 8 heteroatoms. The lowest BCUT2D eigenvalue weighted by Gasteiger charge is -2.34. The van der Waals surface area contributed by atoms with Gasteiger partial charge in [-0.1, -0.05) is 0 Å². The number of hydrogen-bond donors (Lipinski definition) is 2. The number of rotatable bonds is 7. The monoisotopic (exact) mass is 375 g/mol. The van der Waals surface area contributed by atoms with E-state index in [-0.39, 0.29) is 17.8 Å². The molecule has 0 bridgehead atoms. The van der Waals surface area contributed by atoms with Gasteiger partial charge in [0.2, 0.25) is 0 Å². The number of pyridine rings is 1. The van der Waals surface area contributed by atoms with Crippen molar-refractivity contribution in [1.82, 2.24) is 20.5 Å². The molecule has 0 aliphatic carbocycles. The summed E-state index contributed by atoms with van der Waals surface area (Å²) in [5, 5.41) is 6.10. The summed E-state index contributed by atoms with van der Waals surface area (Å²) >= 11 is 0. The molecule has 148 valence electrons. The van der Waals surface area contributed by atoms with Gasteiger partial charge in [0, 0.05) is 38.6 Å². The summed E-state index contributed by atoms with van der Waals surface area (Å²) in [7, 11) is 0. The Kier molecular flexibility index (Phi) is 8.54. The van der Waals surface area contributed by atoms with E-state index in [2.05, 4.69) is 25.5 Å². The lowest BCUT2D eigenvalue weighted by atomic mass is 9.98. The number of amides is 1. The van der Waals surface area contributed by atoms with Crippen LogP contribution in [-0.2, 0) is 9.53 Å². The van der Waals surface area contributed by atoms with Gasteiger partial charge in [-0.05, 0) is 38.8 Å². The molecule has 2 rings (SSSR count). The van der Waals surface area contributed by atoms with Gasteiger partial charge in [0.25, 0.3) is 5.91 Å². The Balaban J connectivity index is 1.87. The highest BCUT2D eigenvalue weighted by molar-refractivity contribution is 5.93. The van der Waals surface area contributed by atoms with Crippen LogP contribution in [0, 0.1) is 5.92 Å². The van der Waals surface area contributed by atoms with Crippen molar-refractivity contribution in [2.24, 2.45) is 10.9 Å². The van der Waals surface area contributed by atoms with Gasteiger partial charge in [-0.2, -0.15) is 0 Å². The van der Waals surface area contributed by atoms with E-state index in [4.69, 9.17) is 4.74 Å². The fraction of sp³-hybridized carbons (Fsp3) is 0.579. The number of piperidine rings is 1. The Morgan fingerprint density at radius 1 is 1.37 bits per heavy atom. The summed E-state index contributed by atoms with van der Waals surface area (Å²) in [5.41, 5.74) is 0.529. The molecule has 1 aliphatic heterocycles. The summed E-state index contributed by atoms with van der Waals surface area (Å²) in [6, 6.07) is 3.45. The number of esters is 1. The summed E-state index contributed by atoms with van der Waals surface area (Å²) in [5.74, 6) is 0.348. The van der Waals surface area contributed by atoms with Gasteiger partial charge in [0.15, 0.2) is 5.96 Å². The third-order valence-corrected chi connectivity index (χ3v) is 4.26. The van der Waals surface area contributed by atoms with Gasteiger partial charge in [-0.3, -0.25) is 19.6 Å². The maximum absolute atomic E-state index is 12.0. The summed E-state index contributed by atoms with van der Waals surface area (Å²) in [6.45, 7) is 7.31. The number of aromatic nitrogens is 1. The molecule has 0 saturated carbocycles. The van der Waals surface area contributed by atoms with Crippen LogP contribution in [0.25, 0.3) is 0 Å². The number of nitrogens with zero attached hydrogens (tertiary/aromatic N) is 3. The lowest BCUT2D eigenvalue weighted by molar-refractivity contribution is -0.149. The van der Waals surface area contributed by atoms with Crippen molar-refractivity contribution in [3.8, 4) is 0 Å². The van der Waals surface area contributed by atoms with Crippen LogP contribution in [0.2, 0.25) is 0 Å². The normalized spacial score (nSPS) is 17.3. The first-order valence-corrected chi connectivity index (χ1v) is 9.53. The largest absolute Gasteiger partial charge is 0.466 e. The van der Waals surface area contributed by atoms with Crippen molar-refractivity contribution in [3.05, 3.63) is 30.1 Å². The second-order valence-corrected chi connectivity index (χ2v) is 6.27. The number of nitrogens with one attached hydrogen (secondary N) is 2. The zero-order valence-corrected chi connectivity index (χ0v) is 16.1. The average Bonchev–Trinajstić information content (AvgIpc) is 2.71. The predicted octanol–water partition coefficient (Wildman–Crippen LogP) is 1.05. The van der Waals surface area contributed by atoms with E-state index in [0.717, 1.165) is 31.9 Å². The Morgan fingerprint density at radius 3 is 2.93 bits per heavy atom. The Labute approximate surface area is 160 Å². The van der Waals surface area contributed by atoms with Gasteiger partial charge in [0.05, 0.1) is 24.6 Å². The second kappa shape index (κ2) is 11.2. The quantitative estimate of drug-likeness (QED) is 0.320. The molecule has 1 aliphatic rings. The number of hydrogen-bond acceptors (Lipinski definition) is 5. The Bertz CT molecular complexity index is 635. The minimum absolute atomic E-state index is 0.118. The third kappa shape index (κ3) is 6.54. The molecule has 0 aromatic carbocycles. The van der Waals surface area contributed by atoms with Crippen molar-refractivity contribution in [2.45, 2.75) is 26.7 Å². The van der Waals surface area contributed by atoms with E-state index in [9.17, 15) is 9.59 Å². The standard InChI is InChI=1S/C19H29N5O3/c1-3-21-19(24-12-6-8-16(14-24)18(26)27-4-2)23-11-10-22-17(25)15-7-5-9-20-13-15/h5,7,9,13,16H,3-4,6,8,10-12,14H2,1-2H3,(H,21,23)(H,22,25).